The minimum absolute atomic E-state index is 0.0736. The number of nitrogens with one attached hydrogen (secondary N) is 1. The van der Waals surface area contributed by atoms with Gasteiger partial charge in [0, 0.05) is 49.2 Å². The quantitative estimate of drug-likeness (QED) is 0.288. The second kappa shape index (κ2) is 7.52. The fraction of sp³-hybridized carbons (Fsp3) is 0.375. The van der Waals surface area contributed by atoms with Crippen LogP contribution in [0.25, 0.3) is 21.4 Å². The Labute approximate surface area is 138 Å². The zero-order valence-electron chi connectivity index (χ0n) is 13.9. The Balaban J connectivity index is 2.28. The lowest BCUT2D eigenvalue weighted by atomic mass is 10.0. The predicted octanol–water partition coefficient (Wildman–Crippen LogP) is 2.14. The van der Waals surface area contributed by atoms with Crippen molar-refractivity contribution in [1.82, 2.24) is 5.32 Å². The summed E-state index contributed by atoms with van der Waals surface area (Å²) in [6, 6.07) is 5.61. The number of anilines is 1. The van der Waals surface area contributed by atoms with Gasteiger partial charge in [-0.15, -0.1) is 0 Å². The van der Waals surface area contributed by atoms with Crippen LogP contribution in [0.4, 0.5) is 5.69 Å². The molecule has 126 valence electrons. The summed E-state index contributed by atoms with van der Waals surface area (Å²) in [6.45, 7) is 2.20. The molecule has 1 aromatic carbocycles. The van der Waals surface area contributed by atoms with E-state index in [1.807, 2.05) is 31.1 Å². The molecule has 0 aliphatic heterocycles. The molecular formula is C16H19N5O3. The molecule has 0 unspecified atom stereocenters. The van der Waals surface area contributed by atoms with E-state index in [1.165, 1.54) is 0 Å². The van der Waals surface area contributed by atoms with E-state index in [1.54, 1.807) is 13.0 Å². The Morgan fingerprint density at radius 2 is 2.17 bits per heavy atom. The molecule has 0 atom stereocenters. The van der Waals surface area contributed by atoms with E-state index in [4.69, 9.17) is 9.95 Å². The lowest BCUT2D eigenvalue weighted by Gasteiger charge is -2.14. The molecule has 2 aromatic rings. The van der Waals surface area contributed by atoms with Crippen molar-refractivity contribution in [3.8, 4) is 0 Å². The molecule has 8 heteroatoms. The van der Waals surface area contributed by atoms with Crippen LogP contribution in [0.15, 0.2) is 32.5 Å². The van der Waals surface area contributed by atoms with Gasteiger partial charge in [-0.1, -0.05) is 5.11 Å². The monoisotopic (exact) mass is 329 g/mol. The van der Waals surface area contributed by atoms with E-state index in [0.717, 1.165) is 16.6 Å². The summed E-state index contributed by atoms with van der Waals surface area (Å²) in [5, 5.41) is 6.74. The molecule has 2 rings (SSSR count). The van der Waals surface area contributed by atoms with Gasteiger partial charge in [0.2, 0.25) is 5.91 Å². The number of amides is 1. The molecule has 1 N–H and O–H groups in total. The van der Waals surface area contributed by atoms with Gasteiger partial charge in [0.25, 0.3) is 0 Å². The van der Waals surface area contributed by atoms with E-state index in [0.29, 0.717) is 11.1 Å². The first kappa shape index (κ1) is 17.4. The maximum atomic E-state index is 12.2. The van der Waals surface area contributed by atoms with Crippen LogP contribution in [0.5, 0.6) is 0 Å². The normalized spacial score (nSPS) is 10.3. The molecular weight excluding hydrogens is 310 g/mol. The highest BCUT2D eigenvalue weighted by Gasteiger charge is 2.15. The average molecular weight is 329 g/mol. The first-order chi connectivity index (χ1) is 11.4. The molecule has 0 fully saturated rings. The Morgan fingerprint density at radius 3 is 2.83 bits per heavy atom. The number of fused-ring (bicyclic) bond motifs is 1. The molecule has 8 nitrogen and oxygen atoms in total. The van der Waals surface area contributed by atoms with Crippen molar-refractivity contribution in [3.05, 3.63) is 50.2 Å². The molecule has 24 heavy (non-hydrogen) atoms. The number of hydrogen-bond acceptors (Lipinski definition) is 5. The summed E-state index contributed by atoms with van der Waals surface area (Å²) < 4.78 is 5.38. The topological polar surface area (TPSA) is 111 Å². The van der Waals surface area contributed by atoms with Crippen molar-refractivity contribution >= 4 is 22.6 Å². The van der Waals surface area contributed by atoms with Crippen LogP contribution in [0.2, 0.25) is 0 Å². The van der Waals surface area contributed by atoms with Gasteiger partial charge in [-0.05, 0) is 30.2 Å². The van der Waals surface area contributed by atoms with E-state index >= 15 is 0 Å². The lowest BCUT2D eigenvalue weighted by molar-refractivity contribution is -0.120. The van der Waals surface area contributed by atoms with Gasteiger partial charge >= 0.3 is 5.63 Å². The molecule has 1 amide bonds. The average Bonchev–Trinajstić information content (AvgIpc) is 2.55. The third-order valence-corrected chi connectivity index (χ3v) is 3.72. The Hall–Kier alpha value is -2.99. The van der Waals surface area contributed by atoms with Crippen molar-refractivity contribution in [2.24, 2.45) is 5.11 Å². The summed E-state index contributed by atoms with van der Waals surface area (Å²) in [5.41, 5.74) is 10.2. The van der Waals surface area contributed by atoms with Gasteiger partial charge in [0.05, 0.1) is 12.0 Å². The third-order valence-electron chi connectivity index (χ3n) is 3.72. The van der Waals surface area contributed by atoms with E-state index < -0.39 is 5.63 Å². The van der Waals surface area contributed by atoms with Gasteiger partial charge < -0.3 is 14.6 Å². The van der Waals surface area contributed by atoms with Crippen molar-refractivity contribution in [2.75, 3.05) is 32.1 Å². The van der Waals surface area contributed by atoms with Gasteiger partial charge in [-0.25, -0.2) is 4.79 Å². The van der Waals surface area contributed by atoms with Crippen molar-refractivity contribution in [1.29, 1.82) is 0 Å². The SMILES string of the molecule is Cc1c(CC(=O)NCCN=[N+]=[N-])c(=O)oc2cc(N(C)C)ccc12. The van der Waals surface area contributed by atoms with Crippen molar-refractivity contribution < 1.29 is 9.21 Å². The minimum atomic E-state index is -0.513. The Morgan fingerprint density at radius 1 is 1.42 bits per heavy atom. The first-order valence-electron chi connectivity index (χ1n) is 7.45. The number of aryl methyl sites for hydroxylation is 1. The maximum absolute atomic E-state index is 12.2. The first-order valence-corrected chi connectivity index (χ1v) is 7.45. The van der Waals surface area contributed by atoms with Gasteiger partial charge in [0.1, 0.15) is 5.58 Å². The number of nitrogens with zero attached hydrogens (tertiary/aromatic N) is 4. The fourth-order valence-corrected chi connectivity index (χ4v) is 2.38. The molecule has 1 aromatic heterocycles. The highest BCUT2D eigenvalue weighted by Crippen LogP contribution is 2.24. The minimum Gasteiger partial charge on any atom is -0.422 e. The molecule has 1 heterocycles. The number of carbonyl (C=O) groups excluding carboxylic acids is 1. The molecule has 0 aliphatic carbocycles. The molecule has 0 saturated heterocycles. The summed E-state index contributed by atoms with van der Waals surface area (Å²) in [6.07, 6.45) is -0.0736. The molecule has 0 spiro atoms. The van der Waals surface area contributed by atoms with Crippen LogP contribution in [-0.4, -0.2) is 33.1 Å². The van der Waals surface area contributed by atoms with E-state index in [9.17, 15) is 9.59 Å². The van der Waals surface area contributed by atoms with Crippen molar-refractivity contribution in [3.63, 3.8) is 0 Å². The third kappa shape index (κ3) is 3.85. The number of hydrogen-bond donors (Lipinski definition) is 1. The van der Waals surface area contributed by atoms with E-state index in [2.05, 4.69) is 15.3 Å². The van der Waals surface area contributed by atoms with Crippen LogP contribution >= 0.6 is 0 Å². The zero-order chi connectivity index (χ0) is 17.7. The van der Waals surface area contributed by atoms with Crippen LogP contribution in [0.3, 0.4) is 0 Å². The zero-order valence-corrected chi connectivity index (χ0v) is 13.9. The fourth-order valence-electron chi connectivity index (χ4n) is 2.38. The lowest BCUT2D eigenvalue weighted by Crippen LogP contribution is -2.29. The Kier molecular flexibility index (Phi) is 5.44. The number of azide groups is 1. The van der Waals surface area contributed by atoms with Crippen LogP contribution in [0.1, 0.15) is 11.1 Å². The second-order valence-corrected chi connectivity index (χ2v) is 5.55. The van der Waals surface area contributed by atoms with Gasteiger partial charge in [-0.3, -0.25) is 4.79 Å². The summed E-state index contributed by atoms with van der Waals surface area (Å²) >= 11 is 0. The number of rotatable bonds is 6. The predicted molar refractivity (Wildman–Crippen MR) is 92.3 cm³/mol. The number of carbonyl (C=O) groups is 1. The molecule has 0 radical (unpaired) electrons. The highest BCUT2D eigenvalue weighted by atomic mass is 16.4. The van der Waals surface area contributed by atoms with Crippen LogP contribution in [0, 0.1) is 6.92 Å². The maximum Gasteiger partial charge on any atom is 0.340 e. The molecule has 0 saturated carbocycles. The molecule has 0 aliphatic rings. The summed E-state index contributed by atoms with van der Waals surface area (Å²) in [5.74, 6) is -0.317. The summed E-state index contributed by atoms with van der Waals surface area (Å²) in [7, 11) is 3.81. The standard InChI is InChI=1S/C16H19N5O3/c1-10-12-5-4-11(21(2)3)8-14(12)24-16(23)13(10)9-15(22)18-6-7-19-20-17/h4-5,8H,6-7,9H2,1-3H3,(H,18,22). The van der Waals surface area contributed by atoms with Crippen LogP contribution in [-0.2, 0) is 11.2 Å². The second-order valence-electron chi connectivity index (χ2n) is 5.55. The van der Waals surface area contributed by atoms with Gasteiger partial charge in [0.15, 0.2) is 0 Å². The summed E-state index contributed by atoms with van der Waals surface area (Å²) in [4.78, 5) is 28.7. The van der Waals surface area contributed by atoms with Crippen molar-refractivity contribution in [2.45, 2.75) is 13.3 Å². The van der Waals surface area contributed by atoms with E-state index in [-0.39, 0.29) is 25.4 Å². The largest absolute Gasteiger partial charge is 0.422 e. The smallest absolute Gasteiger partial charge is 0.340 e. The van der Waals surface area contributed by atoms with Gasteiger partial charge in [-0.2, -0.15) is 0 Å². The van der Waals surface area contributed by atoms with Crippen LogP contribution < -0.4 is 15.8 Å². The Bertz CT molecular complexity index is 866. The molecule has 0 bridgehead atoms. The number of benzene rings is 1. The highest BCUT2D eigenvalue weighted by molar-refractivity contribution is 5.86.